The van der Waals surface area contributed by atoms with Crippen LogP contribution in [0.1, 0.15) is 60.9 Å². The molecule has 0 unspecified atom stereocenters. The van der Waals surface area contributed by atoms with E-state index in [2.05, 4.69) is 22.1 Å². The van der Waals surface area contributed by atoms with Crippen LogP contribution in [0.25, 0.3) is 0 Å². The molecule has 7 nitrogen and oxygen atoms in total. The molecule has 2 N–H and O–H groups in total. The van der Waals surface area contributed by atoms with Crippen molar-refractivity contribution in [3.63, 3.8) is 0 Å². The number of nitrogens with zero attached hydrogens (tertiary/aromatic N) is 3. The number of aromatic nitrogens is 2. The number of hydrogen-bond donors (Lipinski definition) is 2. The van der Waals surface area contributed by atoms with Crippen molar-refractivity contribution in [2.45, 2.75) is 68.3 Å². The molecule has 1 amide bonds. The molecule has 1 aromatic heterocycles. The second kappa shape index (κ2) is 8.65. The maximum atomic E-state index is 13.0. The molecule has 2 bridgehead atoms. The van der Waals surface area contributed by atoms with E-state index in [-0.39, 0.29) is 18.4 Å². The largest absolute Gasteiger partial charge is 0.396 e. The number of ether oxygens (including phenoxy) is 1. The average molecular weight is 426 g/mol. The summed E-state index contributed by atoms with van der Waals surface area (Å²) in [4.78, 5) is 22.5. The van der Waals surface area contributed by atoms with E-state index >= 15 is 0 Å². The van der Waals surface area contributed by atoms with Gasteiger partial charge in [-0.15, -0.1) is 0 Å². The molecule has 2 fully saturated rings. The van der Waals surface area contributed by atoms with E-state index in [1.807, 2.05) is 25.1 Å². The van der Waals surface area contributed by atoms with Gasteiger partial charge >= 0.3 is 0 Å². The van der Waals surface area contributed by atoms with Crippen LogP contribution >= 0.6 is 0 Å². The average Bonchev–Trinajstić information content (AvgIpc) is 2.86. The number of carbonyl (C=O) groups is 1. The molecular formula is C24H31N3O4. The highest BCUT2D eigenvalue weighted by molar-refractivity contribution is 5.93. The number of amides is 1. The molecule has 0 aliphatic carbocycles. The predicted octanol–water partition coefficient (Wildman–Crippen LogP) is 2.55. The first-order valence-corrected chi connectivity index (χ1v) is 10.9. The molecule has 0 radical (unpaired) electrons. The van der Waals surface area contributed by atoms with Gasteiger partial charge < -0.3 is 19.8 Å². The molecular weight excluding hydrogens is 394 g/mol. The van der Waals surface area contributed by atoms with E-state index in [0.29, 0.717) is 31.2 Å². The smallest absolute Gasteiger partial charge is 0.257 e. The van der Waals surface area contributed by atoms with Crippen molar-refractivity contribution in [3.05, 3.63) is 60.2 Å². The van der Waals surface area contributed by atoms with Crippen LogP contribution in [0.15, 0.2) is 49.1 Å². The van der Waals surface area contributed by atoms with Gasteiger partial charge in [-0.25, -0.2) is 9.97 Å². The van der Waals surface area contributed by atoms with Gasteiger partial charge in [0.25, 0.3) is 5.91 Å². The molecule has 166 valence electrons. The number of rotatable bonds is 5. The molecule has 2 aliphatic heterocycles. The van der Waals surface area contributed by atoms with Crippen LogP contribution in [0.5, 0.6) is 0 Å². The number of hydrogen-bond acceptors (Lipinski definition) is 6. The van der Waals surface area contributed by atoms with Gasteiger partial charge in [-0.1, -0.05) is 30.3 Å². The van der Waals surface area contributed by atoms with Gasteiger partial charge in [0.1, 0.15) is 12.4 Å². The maximum absolute atomic E-state index is 13.0. The number of benzene rings is 1. The molecule has 2 aromatic rings. The molecule has 2 saturated heterocycles. The maximum Gasteiger partial charge on any atom is 0.257 e. The van der Waals surface area contributed by atoms with E-state index in [0.717, 1.165) is 6.42 Å². The molecule has 1 aromatic carbocycles. The van der Waals surface area contributed by atoms with Crippen LogP contribution in [-0.2, 0) is 4.74 Å². The van der Waals surface area contributed by atoms with Crippen molar-refractivity contribution >= 4 is 5.91 Å². The Morgan fingerprint density at radius 3 is 2.61 bits per heavy atom. The van der Waals surface area contributed by atoms with Gasteiger partial charge in [0.05, 0.1) is 22.8 Å². The van der Waals surface area contributed by atoms with Gasteiger partial charge in [-0.2, -0.15) is 0 Å². The van der Waals surface area contributed by atoms with Crippen molar-refractivity contribution < 1.29 is 19.7 Å². The summed E-state index contributed by atoms with van der Waals surface area (Å²) in [5, 5.41) is 21.3. The molecule has 0 saturated carbocycles. The van der Waals surface area contributed by atoms with Crippen LogP contribution in [0, 0.1) is 0 Å². The zero-order valence-electron chi connectivity index (χ0n) is 18.1. The predicted molar refractivity (Wildman–Crippen MR) is 115 cm³/mol. The summed E-state index contributed by atoms with van der Waals surface area (Å²) in [6, 6.07) is 9.89. The third-order valence-corrected chi connectivity index (χ3v) is 7.07. The highest BCUT2D eigenvalue weighted by Crippen LogP contribution is 2.51. The van der Waals surface area contributed by atoms with Crippen molar-refractivity contribution in [2.24, 2.45) is 0 Å². The Morgan fingerprint density at radius 1 is 1.23 bits per heavy atom. The van der Waals surface area contributed by atoms with Crippen molar-refractivity contribution in [3.8, 4) is 0 Å². The fourth-order valence-corrected chi connectivity index (χ4v) is 5.51. The van der Waals surface area contributed by atoms with Crippen LogP contribution in [0.3, 0.4) is 0 Å². The van der Waals surface area contributed by atoms with E-state index in [1.165, 1.54) is 24.3 Å². The third kappa shape index (κ3) is 4.22. The van der Waals surface area contributed by atoms with Crippen LogP contribution in [-0.4, -0.2) is 68.0 Å². The van der Waals surface area contributed by atoms with Crippen molar-refractivity contribution in [2.75, 3.05) is 13.7 Å². The standard InChI is InChI=1S/C24H31N3O4/c1-23-12-18(17-6-4-3-5-7-17)13-24(31-23,10-11-28)9-8-20(21(23)29)27(2)22(30)19-14-25-16-26-15-19/h3-7,14-16,18,20-21,28-29H,8-13H2,1-2H3/t18-,20+,21-,23+,24-/m1/s1. The Morgan fingerprint density at radius 2 is 1.94 bits per heavy atom. The van der Waals surface area contributed by atoms with Crippen LogP contribution in [0.4, 0.5) is 0 Å². The highest BCUT2D eigenvalue weighted by Gasteiger charge is 2.55. The van der Waals surface area contributed by atoms with Crippen molar-refractivity contribution in [1.82, 2.24) is 14.9 Å². The zero-order valence-corrected chi connectivity index (χ0v) is 18.1. The van der Waals surface area contributed by atoms with Gasteiger partial charge in [-0.05, 0) is 50.5 Å². The Balaban J connectivity index is 1.66. The number of likely N-dealkylation sites (N-methyl/N-ethyl adjacent to an activating group) is 1. The second-order valence-electron chi connectivity index (χ2n) is 9.18. The van der Waals surface area contributed by atoms with E-state index in [9.17, 15) is 15.0 Å². The summed E-state index contributed by atoms with van der Waals surface area (Å²) in [5.41, 5.74) is 0.243. The Hall–Kier alpha value is -2.35. The molecule has 4 rings (SSSR count). The second-order valence-corrected chi connectivity index (χ2v) is 9.18. The van der Waals surface area contributed by atoms with Gasteiger partial charge in [0.15, 0.2) is 0 Å². The summed E-state index contributed by atoms with van der Waals surface area (Å²) in [6.07, 6.45) is 6.71. The fourth-order valence-electron chi connectivity index (χ4n) is 5.51. The Kier molecular flexibility index (Phi) is 6.10. The van der Waals surface area contributed by atoms with Gasteiger partial charge in [0.2, 0.25) is 0 Å². The molecule has 3 heterocycles. The van der Waals surface area contributed by atoms with Crippen LogP contribution < -0.4 is 0 Å². The number of aliphatic hydroxyl groups is 2. The Bertz CT molecular complexity index is 896. The van der Waals surface area contributed by atoms with Gasteiger partial charge in [0, 0.05) is 26.0 Å². The quantitative estimate of drug-likeness (QED) is 0.764. The number of fused-ring (bicyclic) bond motifs is 2. The third-order valence-electron chi connectivity index (χ3n) is 7.07. The Labute approximate surface area is 183 Å². The molecule has 0 spiro atoms. The topological polar surface area (TPSA) is 95.8 Å². The summed E-state index contributed by atoms with van der Waals surface area (Å²) >= 11 is 0. The minimum absolute atomic E-state index is 0.0223. The minimum atomic E-state index is -0.863. The summed E-state index contributed by atoms with van der Waals surface area (Å²) in [7, 11) is 1.72. The van der Waals surface area contributed by atoms with Crippen molar-refractivity contribution in [1.29, 1.82) is 0 Å². The first kappa shape index (κ1) is 21.9. The number of carbonyl (C=O) groups excluding carboxylic acids is 1. The lowest BCUT2D eigenvalue weighted by molar-refractivity contribution is -0.225. The zero-order chi connectivity index (χ0) is 22.1. The first-order chi connectivity index (χ1) is 14.9. The molecule has 31 heavy (non-hydrogen) atoms. The lowest BCUT2D eigenvalue weighted by atomic mass is 9.73. The first-order valence-electron chi connectivity index (χ1n) is 10.9. The van der Waals surface area contributed by atoms with E-state index in [4.69, 9.17) is 4.74 Å². The van der Waals surface area contributed by atoms with E-state index < -0.39 is 23.3 Å². The molecule has 7 heteroatoms. The minimum Gasteiger partial charge on any atom is -0.396 e. The van der Waals surface area contributed by atoms with Crippen LogP contribution in [0.2, 0.25) is 0 Å². The monoisotopic (exact) mass is 425 g/mol. The normalized spacial score (nSPS) is 32.8. The summed E-state index contributed by atoms with van der Waals surface area (Å²) < 4.78 is 6.62. The number of aliphatic hydroxyl groups excluding tert-OH is 2. The molecule has 2 aliphatic rings. The lowest BCUT2D eigenvalue weighted by Gasteiger charge is -2.50. The highest BCUT2D eigenvalue weighted by atomic mass is 16.5. The lowest BCUT2D eigenvalue weighted by Crippen LogP contribution is -2.58. The summed E-state index contributed by atoms with van der Waals surface area (Å²) in [6.45, 7) is 1.97. The SMILES string of the molecule is CN(C(=O)c1cncnc1)[C@H]1CC[C@@]2(CCO)C[C@H](c3ccccc3)C[C@](C)(O2)[C@@H]1O. The van der Waals surface area contributed by atoms with E-state index in [1.54, 1.807) is 11.9 Å². The summed E-state index contributed by atoms with van der Waals surface area (Å²) in [5.74, 6) is -0.0102. The fraction of sp³-hybridized carbons (Fsp3) is 0.542. The molecule has 5 atom stereocenters. The van der Waals surface area contributed by atoms with Gasteiger partial charge in [-0.3, -0.25) is 4.79 Å².